The van der Waals surface area contributed by atoms with Crippen LogP contribution in [0.25, 0.3) is 0 Å². The number of piperazine rings is 1. The zero-order valence-corrected chi connectivity index (χ0v) is 21.1. The summed E-state index contributed by atoms with van der Waals surface area (Å²) >= 11 is 0. The largest absolute Gasteiger partial charge is 0.463 e. The van der Waals surface area contributed by atoms with Crippen molar-refractivity contribution in [3.05, 3.63) is 83.1 Å². The molecule has 2 aromatic rings. The molecule has 0 aromatic heterocycles. The summed E-state index contributed by atoms with van der Waals surface area (Å²) in [7, 11) is 0. The molecule has 8 nitrogen and oxygen atoms in total. The van der Waals surface area contributed by atoms with Gasteiger partial charge >= 0.3 is 12.0 Å². The van der Waals surface area contributed by atoms with Crippen LogP contribution in [0.4, 0.5) is 4.79 Å². The Labute approximate surface area is 212 Å². The Kier molecular flexibility index (Phi) is 8.05. The summed E-state index contributed by atoms with van der Waals surface area (Å²) in [5.74, 6) is -0.406. The standard InChI is InChI=1S/C28H34N4O4/c1-4-31-23(19-30-16-17-32(20(3)18-30)26(33)22-14-10-7-11-15-22)24(27(34)36-5-2)25(29-28(31)35)21-12-8-6-9-13-21/h6-15,20,25H,4-5,16-19H2,1-3H3,(H,29,35)/t20-,25+/m1/s1. The first-order valence-electron chi connectivity index (χ1n) is 12.6. The molecule has 1 N–H and O–H groups in total. The lowest BCUT2D eigenvalue weighted by molar-refractivity contribution is -0.139. The maximum absolute atomic E-state index is 13.2. The number of likely N-dealkylation sites (N-methyl/N-ethyl adjacent to an activating group) is 1. The predicted molar refractivity (Wildman–Crippen MR) is 137 cm³/mol. The highest BCUT2D eigenvalue weighted by atomic mass is 16.5. The van der Waals surface area contributed by atoms with Gasteiger partial charge in [-0.3, -0.25) is 14.6 Å². The number of urea groups is 1. The number of carbonyl (C=O) groups excluding carboxylic acids is 3. The molecule has 2 aliphatic rings. The third-order valence-corrected chi connectivity index (χ3v) is 6.75. The lowest BCUT2D eigenvalue weighted by atomic mass is 9.94. The number of carbonyl (C=O) groups is 3. The first-order valence-corrected chi connectivity index (χ1v) is 12.6. The number of ether oxygens (including phenoxy) is 1. The van der Waals surface area contributed by atoms with Gasteiger partial charge in [-0.1, -0.05) is 48.5 Å². The number of rotatable bonds is 7. The highest BCUT2D eigenvalue weighted by Gasteiger charge is 2.39. The van der Waals surface area contributed by atoms with E-state index in [1.54, 1.807) is 11.8 Å². The summed E-state index contributed by atoms with van der Waals surface area (Å²) in [6.45, 7) is 8.62. The van der Waals surface area contributed by atoms with Gasteiger partial charge in [-0.15, -0.1) is 0 Å². The van der Waals surface area contributed by atoms with Crippen LogP contribution in [0.15, 0.2) is 71.9 Å². The molecule has 0 bridgehead atoms. The summed E-state index contributed by atoms with van der Waals surface area (Å²) < 4.78 is 5.45. The maximum Gasteiger partial charge on any atom is 0.338 e. The Bertz CT molecular complexity index is 1120. The maximum atomic E-state index is 13.2. The van der Waals surface area contributed by atoms with Gasteiger partial charge in [-0.25, -0.2) is 9.59 Å². The minimum Gasteiger partial charge on any atom is -0.463 e. The number of hydrogen-bond acceptors (Lipinski definition) is 5. The van der Waals surface area contributed by atoms with Crippen LogP contribution >= 0.6 is 0 Å². The Morgan fingerprint density at radius 1 is 1.00 bits per heavy atom. The third kappa shape index (κ3) is 5.28. The fourth-order valence-electron chi connectivity index (χ4n) is 4.99. The van der Waals surface area contributed by atoms with Gasteiger partial charge in [0, 0.05) is 50.0 Å². The van der Waals surface area contributed by atoms with Gasteiger partial charge in [0.2, 0.25) is 0 Å². The second-order valence-corrected chi connectivity index (χ2v) is 9.07. The van der Waals surface area contributed by atoms with Crippen molar-refractivity contribution in [1.82, 2.24) is 20.0 Å². The molecule has 0 spiro atoms. The Morgan fingerprint density at radius 2 is 1.67 bits per heavy atom. The fraction of sp³-hybridized carbons (Fsp3) is 0.393. The summed E-state index contributed by atoms with van der Waals surface area (Å²) in [6.07, 6.45) is 0. The van der Waals surface area contributed by atoms with Crippen LogP contribution in [0.1, 0.15) is 42.7 Å². The summed E-state index contributed by atoms with van der Waals surface area (Å²) in [5, 5.41) is 3.00. The lowest BCUT2D eigenvalue weighted by Gasteiger charge is -2.43. The van der Waals surface area contributed by atoms with Crippen molar-refractivity contribution in [2.24, 2.45) is 0 Å². The Balaban J connectivity index is 1.62. The predicted octanol–water partition coefficient (Wildman–Crippen LogP) is 3.44. The highest BCUT2D eigenvalue weighted by molar-refractivity contribution is 5.95. The van der Waals surface area contributed by atoms with Crippen LogP contribution in [0.5, 0.6) is 0 Å². The first kappa shape index (κ1) is 25.4. The van der Waals surface area contributed by atoms with Gasteiger partial charge in [-0.05, 0) is 38.5 Å². The van der Waals surface area contributed by atoms with Crippen molar-refractivity contribution in [3.8, 4) is 0 Å². The third-order valence-electron chi connectivity index (χ3n) is 6.75. The molecule has 1 fully saturated rings. The van der Waals surface area contributed by atoms with Crippen LogP contribution in [0, 0.1) is 0 Å². The highest BCUT2D eigenvalue weighted by Crippen LogP contribution is 2.32. The number of hydrogen-bond donors (Lipinski definition) is 1. The van der Waals surface area contributed by atoms with E-state index in [1.807, 2.05) is 79.4 Å². The van der Waals surface area contributed by atoms with E-state index < -0.39 is 12.0 Å². The van der Waals surface area contributed by atoms with Gasteiger partial charge in [0.05, 0.1) is 18.2 Å². The van der Waals surface area contributed by atoms with Gasteiger partial charge in [0.1, 0.15) is 0 Å². The lowest BCUT2D eigenvalue weighted by Crippen LogP contribution is -2.56. The summed E-state index contributed by atoms with van der Waals surface area (Å²) in [5.41, 5.74) is 2.62. The van der Waals surface area contributed by atoms with E-state index in [2.05, 4.69) is 10.2 Å². The molecule has 2 aliphatic heterocycles. The molecule has 36 heavy (non-hydrogen) atoms. The minimum atomic E-state index is -0.589. The smallest absolute Gasteiger partial charge is 0.338 e. The SMILES string of the molecule is CCOC(=O)C1=C(CN2CCN(C(=O)c3ccccc3)[C@H](C)C2)N(CC)C(=O)N[C@H]1c1ccccc1. The molecule has 2 atom stereocenters. The van der Waals surface area contributed by atoms with E-state index in [9.17, 15) is 14.4 Å². The molecule has 8 heteroatoms. The molecular formula is C28H34N4O4. The average molecular weight is 491 g/mol. The number of nitrogens with zero attached hydrogens (tertiary/aromatic N) is 3. The molecule has 1 saturated heterocycles. The monoisotopic (exact) mass is 490 g/mol. The summed E-state index contributed by atoms with van der Waals surface area (Å²) in [6, 6.07) is 17.9. The second-order valence-electron chi connectivity index (χ2n) is 9.07. The molecule has 0 unspecified atom stereocenters. The zero-order chi connectivity index (χ0) is 25.7. The van der Waals surface area contributed by atoms with Crippen molar-refractivity contribution < 1.29 is 19.1 Å². The molecule has 2 aromatic carbocycles. The van der Waals surface area contributed by atoms with E-state index in [-0.39, 0.29) is 24.6 Å². The van der Waals surface area contributed by atoms with Crippen molar-refractivity contribution >= 4 is 17.9 Å². The van der Waals surface area contributed by atoms with Crippen LogP contribution in [0.3, 0.4) is 0 Å². The quantitative estimate of drug-likeness (QED) is 0.602. The average Bonchev–Trinajstić information content (AvgIpc) is 2.89. The molecule has 0 saturated carbocycles. The van der Waals surface area contributed by atoms with Crippen LogP contribution in [0.2, 0.25) is 0 Å². The number of esters is 1. The number of amides is 3. The molecule has 0 radical (unpaired) electrons. The van der Waals surface area contributed by atoms with E-state index in [0.717, 1.165) is 5.56 Å². The van der Waals surface area contributed by atoms with E-state index in [1.165, 1.54) is 0 Å². The van der Waals surface area contributed by atoms with Crippen molar-refractivity contribution in [2.45, 2.75) is 32.9 Å². The Morgan fingerprint density at radius 3 is 2.28 bits per heavy atom. The first-order chi connectivity index (χ1) is 17.4. The Hall–Kier alpha value is -3.65. The van der Waals surface area contributed by atoms with Crippen LogP contribution < -0.4 is 5.32 Å². The van der Waals surface area contributed by atoms with E-state index in [0.29, 0.717) is 49.6 Å². The van der Waals surface area contributed by atoms with E-state index in [4.69, 9.17) is 4.74 Å². The topological polar surface area (TPSA) is 82.2 Å². The van der Waals surface area contributed by atoms with Gasteiger partial charge in [0.25, 0.3) is 5.91 Å². The van der Waals surface area contributed by atoms with Crippen molar-refractivity contribution in [2.75, 3.05) is 39.3 Å². The molecule has 4 rings (SSSR count). The number of nitrogens with one attached hydrogen (secondary N) is 1. The van der Waals surface area contributed by atoms with Crippen molar-refractivity contribution in [1.29, 1.82) is 0 Å². The van der Waals surface area contributed by atoms with Gasteiger partial charge < -0.3 is 15.0 Å². The van der Waals surface area contributed by atoms with Crippen LogP contribution in [-0.4, -0.2) is 78.0 Å². The van der Waals surface area contributed by atoms with E-state index >= 15 is 0 Å². The molecule has 0 aliphatic carbocycles. The van der Waals surface area contributed by atoms with Crippen molar-refractivity contribution in [3.63, 3.8) is 0 Å². The number of benzene rings is 2. The van der Waals surface area contributed by atoms with Gasteiger partial charge in [0.15, 0.2) is 0 Å². The summed E-state index contributed by atoms with van der Waals surface area (Å²) in [4.78, 5) is 45.1. The fourth-order valence-corrected chi connectivity index (χ4v) is 4.99. The molecule has 190 valence electrons. The van der Waals surface area contributed by atoms with Gasteiger partial charge in [-0.2, -0.15) is 0 Å². The second kappa shape index (κ2) is 11.4. The molecule has 2 heterocycles. The molecular weight excluding hydrogens is 456 g/mol. The molecule has 3 amide bonds. The van der Waals surface area contributed by atoms with Crippen LogP contribution in [-0.2, 0) is 9.53 Å². The normalized spacial score (nSPS) is 20.8. The zero-order valence-electron chi connectivity index (χ0n) is 21.1. The minimum absolute atomic E-state index is 0.0180.